The van der Waals surface area contributed by atoms with Gasteiger partial charge in [-0.3, -0.25) is 9.59 Å². The Labute approximate surface area is 210 Å². The molecule has 2 aliphatic rings. The highest BCUT2D eigenvalue weighted by Gasteiger charge is 2.33. The molecule has 1 saturated heterocycles. The normalized spacial score (nSPS) is 18.0. The van der Waals surface area contributed by atoms with Gasteiger partial charge in [-0.2, -0.15) is 4.31 Å². The molecule has 0 atom stereocenters. The Morgan fingerprint density at radius 1 is 1.03 bits per heavy atom. The molecule has 0 unspecified atom stereocenters. The van der Waals surface area contributed by atoms with E-state index in [1.54, 1.807) is 21.0 Å². The summed E-state index contributed by atoms with van der Waals surface area (Å²) >= 11 is 0. The minimum atomic E-state index is -3.50. The van der Waals surface area contributed by atoms with Crippen molar-refractivity contribution in [2.75, 3.05) is 39.0 Å². The first-order valence-electron chi connectivity index (χ1n) is 12.9. The summed E-state index contributed by atoms with van der Waals surface area (Å²) < 4.78 is 32.6. The zero-order valence-corrected chi connectivity index (χ0v) is 22.3. The molecule has 1 aliphatic carbocycles. The maximum Gasteiger partial charge on any atom is 0.238 e. The highest BCUT2D eigenvalue weighted by molar-refractivity contribution is 7.89. The van der Waals surface area contributed by atoms with Crippen LogP contribution < -0.4 is 4.74 Å². The molecule has 196 valence electrons. The minimum Gasteiger partial charge on any atom is -0.497 e. The van der Waals surface area contributed by atoms with E-state index in [0.29, 0.717) is 44.9 Å². The van der Waals surface area contributed by atoms with Gasteiger partial charge in [0.25, 0.3) is 0 Å². The summed E-state index contributed by atoms with van der Waals surface area (Å²) in [5, 5.41) is 0. The van der Waals surface area contributed by atoms with Gasteiger partial charge in [0.2, 0.25) is 21.8 Å². The number of hydrogen-bond donors (Lipinski definition) is 0. The second-order valence-corrected chi connectivity index (χ2v) is 12.1. The Morgan fingerprint density at radius 3 is 2.20 bits per heavy atom. The molecule has 2 fully saturated rings. The van der Waals surface area contributed by atoms with E-state index in [2.05, 4.69) is 0 Å². The summed E-state index contributed by atoms with van der Waals surface area (Å²) in [6, 6.07) is 7.57. The third-order valence-electron chi connectivity index (χ3n) is 7.44. The van der Waals surface area contributed by atoms with Crippen molar-refractivity contribution in [3.8, 4) is 5.75 Å². The summed E-state index contributed by atoms with van der Waals surface area (Å²) in [5.74, 6) is 0.919. The number of ether oxygens (including phenoxy) is 1. The number of nitrogens with zero attached hydrogens (tertiary/aromatic N) is 3. The molecule has 0 bridgehead atoms. The quantitative estimate of drug-likeness (QED) is 0.485. The van der Waals surface area contributed by atoms with Crippen molar-refractivity contribution in [2.45, 2.75) is 71.4 Å². The van der Waals surface area contributed by atoms with Gasteiger partial charge in [-0.15, -0.1) is 0 Å². The number of carbonyl (C=O) groups is 2. The molecule has 0 N–H and O–H groups in total. The SMILES string of the molecule is CCS(=O)(=O)N(CC(=O)N(Cc1ccc(OC)cc1)C1CCN(C(C)=O)CC1)CC1CCCCC1. The van der Waals surface area contributed by atoms with Gasteiger partial charge in [0, 0.05) is 39.1 Å². The highest BCUT2D eigenvalue weighted by Crippen LogP contribution is 2.26. The number of methoxy groups -OCH3 is 1. The van der Waals surface area contributed by atoms with E-state index in [0.717, 1.165) is 37.0 Å². The van der Waals surface area contributed by atoms with Crippen LogP contribution in [0.5, 0.6) is 5.75 Å². The molecule has 1 heterocycles. The number of hydrogen-bond acceptors (Lipinski definition) is 5. The van der Waals surface area contributed by atoms with E-state index in [1.165, 1.54) is 10.7 Å². The summed E-state index contributed by atoms with van der Waals surface area (Å²) in [5.41, 5.74) is 0.963. The highest BCUT2D eigenvalue weighted by atomic mass is 32.2. The first-order valence-corrected chi connectivity index (χ1v) is 14.5. The molecule has 1 aromatic rings. The molecule has 9 heteroatoms. The van der Waals surface area contributed by atoms with Crippen molar-refractivity contribution in [2.24, 2.45) is 5.92 Å². The first-order chi connectivity index (χ1) is 16.7. The summed E-state index contributed by atoms with van der Waals surface area (Å²) in [6.07, 6.45) is 6.85. The second kappa shape index (κ2) is 12.7. The molecule has 1 aliphatic heterocycles. The van der Waals surface area contributed by atoms with Gasteiger partial charge in [-0.05, 0) is 56.2 Å². The molecule has 0 spiro atoms. The molecular weight excluding hydrogens is 466 g/mol. The number of likely N-dealkylation sites (tertiary alicyclic amines) is 1. The van der Waals surface area contributed by atoms with Crippen molar-refractivity contribution in [1.29, 1.82) is 0 Å². The third-order valence-corrected chi connectivity index (χ3v) is 9.23. The summed E-state index contributed by atoms with van der Waals surface area (Å²) in [7, 11) is -1.89. The Kier molecular flexibility index (Phi) is 9.98. The van der Waals surface area contributed by atoms with Gasteiger partial charge in [-0.25, -0.2) is 8.42 Å². The number of rotatable bonds is 10. The summed E-state index contributed by atoms with van der Waals surface area (Å²) in [6.45, 7) is 5.10. The predicted octanol–water partition coefficient (Wildman–Crippen LogP) is 3.27. The van der Waals surface area contributed by atoms with Crippen LogP contribution in [-0.2, 0) is 26.2 Å². The van der Waals surface area contributed by atoms with Crippen LogP contribution in [0.4, 0.5) is 0 Å². The lowest BCUT2D eigenvalue weighted by atomic mass is 9.89. The lowest BCUT2D eigenvalue weighted by molar-refractivity contribution is -0.137. The Balaban J connectivity index is 1.79. The van der Waals surface area contributed by atoms with Crippen LogP contribution >= 0.6 is 0 Å². The van der Waals surface area contributed by atoms with E-state index in [4.69, 9.17) is 4.74 Å². The smallest absolute Gasteiger partial charge is 0.238 e. The van der Waals surface area contributed by atoms with Gasteiger partial charge in [0.05, 0.1) is 19.4 Å². The van der Waals surface area contributed by atoms with Crippen LogP contribution in [0.15, 0.2) is 24.3 Å². The van der Waals surface area contributed by atoms with Gasteiger partial charge >= 0.3 is 0 Å². The van der Waals surface area contributed by atoms with E-state index >= 15 is 0 Å². The van der Waals surface area contributed by atoms with E-state index in [1.807, 2.05) is 34.1 Å². The Bertz CT molecular complexity index is 936. The molecule has 8 nitrogen and oxygen atoms in total. The average molecular weight is 508 g/mol. The average Bonchev–Trinajstić information content (AvgIpc) is 2.87. The molecule has 2 amide bonds. The maximum absolute atomic E-state index is 13.7. The van der Waals surface area contributed by atoms with Gasteiger partial charge in [-0.1, -0.05) is 31.4 Å². The zero-order valence-electron chi connectivity index (χ0n) is 21.4. The van der Waals surface area contributed by atoms with E-state index in [-0.39, 0.29) is 30.2 Å². The minimum absolute atomic E-state index is 0.0114. The number of carbonyl (C=O) groups excluding carboxylic acids is 2. The third kappa shape index (κ3) is 7.67. The van der Waals surface area contributed by atoms with Gasteiger partial charge < -0.3 is 14.5 Å². The number of benzene rings is 1. The molecule has 0 radical (unpaired) electrons. The lowest BCUT2D eigenvalue weighted by Crippen LogP contribution is -2.51. The van der Waals surface area contributed by atoms with Crippen molar-refractivity contribution in [1.82, 2.24) is 14.1 Å². The monoisotopic (exact) mass is 507 g/mol. The number of piperidine rings is 1. The van der Waals surface area contributed by atoms with Crippen molar-refractivity contribution in [3.63, 3.8) is 0 Å². The molecule has 3 rings (SSSR count). The fourth-order valence-electron chi connectivity index (χ4n) is 5.20. The van der Waals surface area contributed by atoms with Gasteiger partial charge in [0.15, 0.2) is 0 Å². The largest absolute Gasteiger partial charge is 0.497 e. The molecule has 35 heavy (non-hydrogen) atoms. The standard InChI is InChI=1S/C26H41N3O5S/c1-4-35(32,33)28(18-22-8-6-5-7-9-22)20-26(31)29(19-23-10-12-25(34-3)13-11-23)24-14-16-27(17-15-24)21(2)30/h10-13,22,24H,4-9,14-20H2,1-3H3. The Hall–Kier alpha value is -2.13. The molecular formula is C26H41N3O5S. The maximum atomic E-state index is 13.7. The molecule has 1 aromatic carbocycles. The van der Waals surface area contributed by atoms with Gasteiger partial charge in [0.1, 0.15) is 5.75 Å². The predicted molar refractivity (Wildman–Crippen MR) is 136 cm³/mol. The summed E-state index contributed by atoms with van der Waals surface area (Å²) in [4.78, 5) is 29.2. The van der Waals surface area contributed by atoms with Crippen molar-refractivity contribution < 1.29 is 22.7 Å². The van der Waals surface area contributed by atoms with Crippen molar-refractivity contribution in [3.05, 3.63) is 29.8 Å². The Morgan fingerprint density at radius 2 is 1.66 bits per heavy atom. The van der Waals surface area contributed by atoms with E-state index in [9.17, 15) is 18.0 Å². The van der Waals surface area contributed by atoms with Crippen molar-refractivity contribution >= 4 is 21.8 Å². The second-order valence-electron chi connectivity index (χ2n) is 9.80. The fourth-order valence-corrected chi connectivity index (χ4v) is 6.31. The van der Waals surface area contributed by atoms with Crippen LogP contribution in [-0.4, -0.2) is 79.4 Å². The first kappa shape index (κ1) is 27.5. The fraction of sp³-hybridized carbons (Fsp3) is 0.692. The van der Waals surface area contributed by atoms with Crippen LogP contribution in [0.25, 0.3) is 0 Å². The lowest BCUT2D eigenvalue weighted by Gasteiger charge is -2.39. The van der Waals surface area contributed by atoms with Crippen LogP contribution in [0.1, 0.15) is 64.4 Å². The zero-order chi connectivity index (χ0) is 25.4. The van der Waals surface area contributed by atoms with Crippen LogP contribution in [0, 0.1) is 5.92 Å². The molecule has 1 saturated carbocycles. The van der Waals surface area contributed by atoms with Crippen LogP contribution in [0.2, 0.25) is 0 Å². The number of amides is 2. The van der Waals surface area contributed by atoms with E-state index < -0.39 is 10.0 Å². The van der Waals surface area contributed by atoms with Crippen LogP contribution in [0.3, 0.4) is 0 Å². The molecule has 0 aromatic heterocycles. The number of sulfonamides is 1. The topological polar surface area (TPSA) is 87.2 Å².